The number of hydrogen-bond acceptors (Lipinski definition) is 5. The van der Waals surface area contributed by atoms with Crippen LogP contribution in [0.4, 0.5) is 0 Å². The summed E-state index contributed by atoms with van der Waals surface area (Å²) < 4.78 is 11.0. The molecule has 4 rings (SSSR count). The van der Waals surface area contributed by atoms with Crippen LogP contribution < -0.4 is 4.74 Å². The van der Waals surface area contributed by atoms with Crippen LogP contribution in [0.5, 0.6) is 5.75 Å². The van der Waals surface area contributed by atoms with E-state index >= 15 is 0 Å². The largest absolute Gasteiger partial charge is 0.494 e. The number of benzene rings is 1. The van der Waals surface area contributed by atoms with Crippen molar-refractivity contribution in [1.82, 2.24) is 14.7 Å². The minimum Gasteiger partial charge on any atom is -0.494 e. The van der Waals surface area contributed by atoms with Crippen LogP contribution >= 0.6 is 0 Å². The van der Waals surface area contributed by atoms with Gasteiger partial charge in [0, 0.05) is 38.3 Å². The van der Waals surface area contributed by atoms with E-state index in [2.05, 4.69) is 4.90 Å². The Bertz CT molecular complexity index is 836. The number of hydrogen-bond donors (Lipinski definition) is 0. The molecule has 166 valence electrons. The number of ether oxygens (including phenoxy) is 1. The fraction of sp³-hybridized carbons (Fsp3) is 0.500. The number of furan rings is 1. The summed E-state index contributed by atoms with van der Waals surface area (Å²) >= 11 is 0. The van der Waals surface area contributed by atoms with Gasteiger partial charge in [0.15, 0.2) is 5.76 Å². The quantitative estimate of drug-likeness (QED) is 0.638. The van der Waals surface area contributed by atoms with Crippen molar-refractivity contribution in [2.45, 2.75) is 25.7 Å². The molecule has 0 unspecified atom stereocenters. The average Bonchev–Trinajstić information content (AvgIpc) is 3.37. The summed E-state index contributed by atoms with van der Waals surface area (Å²) in [5.74, 6) is 0.996. The van der Waals surface area contributed by atoms with Crippen LogP contribution in [0.2, 0.25) is 0 Å². The molecule has 0 N–H and O–H groups in total. The van der Waals surface area contributed by atoms with E-state index in [0.717, 1.165) is 18.7 Å². The number of carbonyl (C=O) groups excluding carboxylic acids is 2. The van der Waals surface area contributed by atoms with E-state index in [1.807, 2.05) is 24.3 Å². The lowest BCUT2D eigenvalue weighted by Crippen LogP contribution is -2.50. The second-order valence-corrected chi connectivity index (χ2v) is 8.19. The van der Waals surface area contributed by atoms with Crippen LogP contribution in [-0.2, 0) is 0 Å². The first-order chi connectivity index (χ1) is 15.2. The van der Waals surface area contributed by atoms with Gasteiger partial charge in [-0.3, -0.25) is 9.59 Å². The van der Waals surface area contributed by atoms with Gasteiger partial charge in [0.1, 0.15) is 5.75 Å². The highest BCUT2D eigenvalue weighted by atomic mass is 16.5. The number of likely N-dealkylation sites (tertiary alicyclic amines) is 1. The lowest BCUT2D eigenvalue weighted by atomic mass is 10.1. The molecule has 2 saturated heterocycles. The fourth-order valence-corrected chi connectivity index (χ4v) is 4.21. The Balaban J connectivity index is 1.20. The number of piperazine rings is 1. The molecule has 2 amide bonds. The topological polar surface area (TPSA) is 66.2 Å². The number of piperidine rings is 1. The van der Waals surface area contributed by atoms with Crippen molar-refractivity contribution in [3.8, 4) is 5.75 Å². The molecule has 1 aromatic heterocycles. The zero-order chi connectivity index (χ0) is 21.5. The molecule has 7 nitrogen and oxygen atoms in total. The predicted molar refractivity (Wildman–Crippen MR) is 117 cm³/mol. The van der Waals surface area contributed by atoms with E-state index in [4.69, 9.17) is 9.15 Å². The van der Waals surface area contributed by atoms with E-state index in [1.54, 1.807) is 21.9 Å². The minimum atomic E-state index is -0.126. The Hall–Kier alpha value is -2.80. The lowest BCUT2D eigenvalue weighted by Gasteiger charge is -2.34. The molecule has 2 aliphatic rings. The zero-order valence-corrected chi connectivity index (χ0v) is 18.0. The van der Waals surface area contributed by atoms with Crippen LogP contribution in [0, 0.1) is 0 Å². The standard InChI is InChI=1S/C24H31N3O4/c28-23(26-14-16-27(17-15-26)24(29)22-6-4-18-31-22)20-7-9-21(10-8-20)30-19-5-13-25-11-2-1-3-12-25/h4,6-10,18H,1-3,5,11-17,19H2. The van der Waals surface area contributed by atoms with E-state index in [9.17, 15) is 9.59 Å². The first-order valence-corrected chi connectivity index (χ1v) is 11.3. The second kappa shape index (κ2) is 10.5. The van der Waals surface area contributed by atoms with Crippen LogP contribution in [-0.4, -0.2) is 78.9 Å². The molecule has 1 aromatic carbocycles. The average molecular weight is 426 g/mol. The highest BCUT2D eigenvalue weighted by Crippen LogP contribution is 2.16. The molecular weight excluding hydrogens is 394 g/mol. The number of carbonyl (C=O) groups is 2. The molecule has 2 aliphatic heterocycles. The van der Waals surface area contributed by atoms with Crippen molar-refractivity contribution in [2.75, 3.05) is 52.4 Å². The Kier molecular flexibility index (Phi) is 7.25. The Morgan fingerprint density at radius 3 is 2.16 bits per heavy atom. The van der Waals surface area contributed by atoms with Crippen molar-refractivity contribution < 1.29 is 18.7 Å². The molecule has 0 saturated carbocycles. The van der Waals surface area contributed by atoms with Gasteiger partial charge in [-0.05, 0) is 68.8 Å². The molecule has 0 radical (unpaired) electrons. The molecule has 0 atom stereocenters. The first-order valence-electron chi connectivity index (χ1n) is 11.3. The predicted octanol–water partition coefficient (Wildman–Crippen LogP) is 3.13. The van der Waals surface area contributed by atoms with E-state index in [0.29, 0.717) is 44.1 Å². The molecule has 0 spiro atoms. The van der Waals surface area contributed by atoms with Gasteiger partial charge >= 0.3 is 0 Å². The third-order valence-corrected chi connectivity index (χ3v) is 6.02. The maximum atomic E-state index is 12.8. The van der Waals surface area contributed by atoms with Crippen LogP contribution in [0.3, 0.4) is 0 Å². The normalized spacial score (nSPS) is 17.5. The number of rotatable bonds is 7. The molecule has 7 heteroatoms. The highest BCUT2D eigenvalue weighted by molar-refractivity contribution is 5.95. The molecule has 3 heterocycles. The van der Waals surface area contributed by atoms with Crippen molar-refractivity contribution in [2.24, 2.45) is 0 Å². The maximum absolute atomic E-state index is 12.8. The Morgan fingerprint density at radius 2 is 1.52 bits per heavy atom. The minimum absolute atomic E-state index is 0.0123. The molecule has 0 aliphatic carbocycles. The number of amides is 2. The maximum Gasteiger partial charge on any atom is 0.289 e. The van der Waals surface area contributed by atoms with Gasteiger partial charge in [-0.15, -0.1) is 0 Å². The summed E-state index contributed by atoms with van der Waals surface area (Å²) in [6, 6.07) is 10.7. The molecule has 2 aromatic rings. The second-order valence-electron chi connectivity index (χ2n) is 8.19. The van der Waals surface area contributed by atoms with Crippen molar-refractivity contribution in [3.05, 3.63) is 54.0 Å². The van der Waals surface area contributed by atoms with E-state index < -0.39 is 0 Å². The summed E-state index contributed by atoms with van der Waals surface area (Å²) in [5, 5.41) is 0. The van der Waals surface area contributed by atoms with Gasteiger partial charge < -0.3 is 23.9 Å². The highest BCUT2D eigenvalue weighted by Gasteiger charge is 2.26. The van der Waals surface area contributed by atoms with Crippen molar-refractivity contribution >= 4 is 11.8 Å². The third-order valence-electron chi connectivity index (χ3n) is 6.02. The zero-order valence-electron chi connectivity index (χ0n) is 18.0. The molecule has 0 bridgehead atoms. The van der Waals surface area contributed by atoms with Gasteiger partial charge in [0.2, 0.25) is 0 Å². The Morgan fingerprint density at radius 1 is 0.839 bits per heavy atom. The monoisotopic (exact) mass is 425 g/mol. The first kappa shape index (κ1) is 21.4. The summed E-state index contributed by atoms with van der Waals surface area (Å²) in [5.41, 5.74) is 0.645. The van der Waals surface area contributed by atoms with Gasteiger partial charge in [-0.2, -0.15) is 0 Å². The van der Waals surface area contributed by atoms with E-state index in [1.165, 1.54) is 38.6 Å². The molecule has 31 heavy (non-hydrogen) atoms. The van der Waals surface area contributed by atoms with Crippen molar-refractivity contribution in [1.29, 1.82) is 0 Å². The number of nitrogens with zero attached hydrogens (tertiary/aromatic N) is 3. The molecular formula is C24H31N3O4. The summed E-state index contributed by atoms with van der Waals surface area (Å²) in [4.78, 5) is 31.2. The summed E-state index contributed by atoms with van der Waals surface area (Å²) in [7, 11) is 0. The van der Waals surface area contributed by atoms with Gasteiger partial charge in [0.05, 0.1) is 12.9 Å². The van der Waals surface area contributed by atoms with Gasteiger partial charge in [0.25, 0.3) is 11.8 Å². The van der Waals surface area contributed by atoms with Crippen LogP contribution in [0.25, 0.3) is 0 Å². The van der Waals surface area contributed by atoms with Crippen molar-refractivity contribution in [3.63, 3.8) is 0 Å². The van der Waals surface area contributed by atoms with Crippen LogP contribution in [0.15, 0.2) is 47.1 Å². The van der Waals surface area contributed by atoms with Crippen LogP contribution in [0.1, 0.15) is 46.6 Å². The fourth-order valence-electron chi connectivity index (χ4n) is 4.21. The third kappa shape index (κ3) is 5.67. The molecule has 2 fully saturated rings. The van der Waals surface area contributed by atoms with Gasteiger partial charge in [-0.1, -0.05) is 6.42 Å². The van der Waals surface area contributed by atoms with E-state index in [-0.39, 0.29) is 11.8 Å². The Labute approximate surface area is 183 Å². The lowest BCUT2D eigenvalue weighted by molar-refractivity contribution is 0.0518. The van der Waals surface area contributed by atoms with Gasteiger partial charge in [-0.25, -0.2) is 0 Å². The smallest absolute Gasteiger partial charge is 0.289 e. The summed E-state index contributed by atoms with van der Waals surface area (Å²) in [6.45, 7) is 6.23. The summed E-state index contributed by atoms with van der Waals surface area (Å²) in [6.07, 6.45) is 6.49. The SMILES string of the molecule is O=C(c1ccc(OCCCN2CCCCC2)cc1)N1CCN(C(=O)c2ccco2)CC1.